The van der Waals surface area contributed by atoms with Gasteiger partial charge < -0.3 is 14.6 Å². The van der Waals surface area contributed by atoms with Crippen molar-refractivity contribution in [3.8, 4) is 11.5 Å². The highest BCUT2D eigenvalue weighted by molar-refractivity contribution is 5.73. The molecule has 4 nitrogen and oxygen atoms in total. The highest BCUT2D eigenvalue weighted by Gasteiger charge is 2.32. The van der Waals surface area contributed by atoms with E-state index >= 15 is 0 Å². The number of hydrogen-bond acceptors (Lipinski definition) is 4. The van der Waals surface area contributed by atoms with E-state index in [1.807, 2.05) is 0 Å². The molecule has 0 fully saturated rings. The summed E-state index contributed by atoms with van der Waals surface area (Å²) in [5.74, 6) is -1.54. The number of aromatic hydroxyl groups is 1. The molecule has 0 saturated heterocycles. The monoisotopic (exact) mass is 250 g/mol. The Morgan fingerprint density at radius 2 is 2.06 bits per heavy atom. The summed E-state index contributed by atoms with van der Waals surface area (Å²) in [4.78, 5) is 11.0. The molecular formula is C10H9F3O4. The quantitative estimate of drug-likeness (QED) is 0.833. The summed E-state index contributed by atoms with van der Waals surface area (Å²) in [5, 5.41) is 9.13. The number of benzene rings is 1. The van der Waals surface area contributed by atoms with Crippen molar-refractivity contribution >= 4 is 5.97 Å². The third kappa shape index (κ3) is 4.21. The number of phenolic OH excluding ortho intramolecular Hbond substituents is 1. The van der Waals surface area contributed by atoms with Crippen molar-refractivity contribution in [3.05, 3.63) is 23.8 Å². The Labute approximate surface area is 94.6 Å². The summed E-state index contributed by atoms with van der Waals surface area (Å²) in [6, 6.07) is 2.97. The van der Waals surface area contributed by atoms with E-state index in [1.54, 1.807) is 0 Å². The van der Waals surface area contributed by atoms with Crippen LogP contribution in [-0.4, -0.2) is 24.5 Å². The number of carbonyl (C=O) groups is 1. The van der Waals surface area contributed by atoms with Gasteiger partial charge in [0.05, 0.1) is 13.5 Å². The smallest absolute Gasteiger partial charge is 0.508 e. The summed E-state index contributed by atoms with van der Waals surface area (Å²) in [6.07, 6.45) is -5.28. The normalized spacial score (nSPS) is 11.1. The number of ether oxygens (including phenoxy) is 2. The zero-order valence-electron chi connectivity index (χ0n) is 8.75. The van der Waals surface area contributed by atoms with Crippen LogP contribution in [0, 0.1) is 0 Å². The molecule has 0 saturated carbocycles. The molecule has 0 aliphatic carbocycles. The van der Waals surface area contributed by atoms with Gasteiger partial charge in [-0.2, -0.15) is 0 Å². The van der Waals surface area contributed by atoms with Gasteiger partial charge in [0.2, 0.25) is 0 Å². The number of halogens is 3. The van der Waals surface area contributed by atoms with E-state index in [9.17, 15) is 18.0 Å². The molecule has 1 aromatic rings. The number of carbonyl (C=O) groups excluding carboxylic acids is 1. The number of hydrogen-bond donors (Lipinski definition) is 1. The fourth-order valence-electron chi connectivity index (χ4n) is 1.16. The van der Waals surface area contributed by atoms with Gasteiger partial charge >= 0.3 is 12.3 Å². The summed E-state index contributed by atoms with van der Waals surface area (Å²) < 4.78 is 44.2. The maximum atomic E-state index is 12.0. The zero-order valence-corrected chi connectivity index (χ0v) is 8.75. The summed E-state index contributed by atoms with van der Waals surface area (Å²) >= 11 is 0. The van der Waals surface area contributed by atoms with Crippen LogP contribution in [-0.2, 0) is 16.0 Å². The molecule has 0 radical (unpaired) electrons. The van der Waals surface area contributed by atoms with Crippen LogP contribution in [0.25, 0.3) is 0 Å². The molecule has 0 atom stereocenters. The highest BCUT2D eigenvalue weighted by Crippen LogP contribution is 2.29. The fraction of sp³-hybridized carbons (Fsp3) is 0.300. The van der Waals surface area contributed by atoms with Gasteiger partial charge in [-0.3, -0.25) is 4.79 Å². The van der Waals surface area contributed by atoms with Crippen molar-refractivity contribution < 1.29 is 32.5 Å². The van der Waals surface area contributed by atoms with Gasteiger partial charge in [-0.1, -0.05) is 0 Å². The Balaban J connectivity index is 2.99. The number of phenols is 1. The lowest BCUT2D eigenvalue weighted by Gasteiger charge is -2.12. The van der Waals surface area contributed by atoms with Crippen LogP contribution in [0.5, 0.6) is 11.5 Å². The molecule has 0 unspecified atom stereocenters. The van der Waals surface area contributed by atoms with Gasteiger partial charge in [-0.15, -0.1) is 13.2 Å². The second-order valence-electron chi connectivity index (χ2n) is 3.09. The number of rotatable bonds is 3. The molecule has 1 N–H and O–H groups in total. The second kappa shape index (κ2) is 4.94. The van der Waals surface area contributed by atoms with Crippen LogP contribution in [0.1, 0.15) is 5.56 Å². The van der Waals surface area contributed by atoms with Crippen LogP contribution in [0.15, 0.2) is 18.2 Å². The number of methoxy groups -OCH3 is 1. The first-order chi connectivity index (χ1) is 7.81. The van der Waals surface area contributed by atoms with E-state index in [-0.39, 0.29) is 11.3 Å². The molecule has 94 valence electrons. The summed E-state index contributed by atoms with van der Waals surface area (Å²) in [5.41, 5.74) is -0.103. The van der Waals surface area contributed by atoms with Gasteiger partial charge in [0.15, 0.2) is 0 Å². The van der Waals surface area contributed by atoms with Gasteiger partial charge in [0, 0.05) is 5.56 Å². The van der Waals surface area contributed by atoms with Crippen LogP contribution in [0.3, 0.4) is 0 Å². The maximum absolute atomic E-state index is 12.0. The Bertz CT molecular complexity index is 415. The minimum absolute atomic E-state index is 0.103. The third-order valence-electron chi connectivity index (χ3n) is 1.83. The number of esters is 1. The van der Waals surface area contributed by atoms with Crippen molar-refractivity contribution in [1.29, 1.82) is 0 Å². The minimum atomic E-state index is -4.86. The third-order valence-corrected chi connectivity index (χ3v) is 1.83. The summed E-state index contributed by atoms with van der Waals surface area (Å²) in [7, 11) is 1.11. The van der Waals surface area contributed by atoms with Crippen molar-refractivity contribution in [1.82, 2.24) is 0 Å². The van der Waals surface area contributed by atoms with E-state index in [1.165, 1.54) is 0 Å². The van der Waals surface area contributed by atoms with E-state index in [4.69, 9.17) is 5.11 Å². The van der Waals surface area contributed by atoms with Crippen LogP contribution in [0.4, 0.5) is 13.2 Å². The van der Waals surface area contributed by atoms with E-state index in [2.05, 4.69) is 9.47 Å². The fourth-order valence-corrected chi connectivity index (χ4v) is 1.16. The van der Waals surface area contributed by atoms with Crippen molar-refractivity contribution in [2.75, 3.05) is 7.11 Å². The zero-order chi connectivity index (χ0) is 13.1. The molecule has 0 aliphatic heterocycles. The van der Waals surface area contributed by atoms with E-state index in [0.29, 0.717) is 0 Å². The molecule has 0 spiro atoms. The molecule has 7 heteroatoms. The SMILES string of the molecule is COC(=O)Cc1cc(O)ccc1OC(F)(F)F. The lowest BCUT2D eigenvalue weighted by molar-refractivity contribution is -0.275. The largest absolute Gasteiger partial charge is 0.573 e. The molecule has 1 rings (SSSR count). The molecule has 0 heterocycles. The maximum Gasteiger partial charge on any atom is 0.573 e. The van der Waals surface area contributed by atoms with Gasteiger partial charge in [0.25, 0.3) is 0 Å². The van der Waals surface area contributed by atoms with Crippen molar-refractivity contribution in [3.63, 3.8) is 0 Å². The highest BCUT2D eigenvalue weighted by atomic mass is 19.4. The first kappa shape index (κ1) is 13.1. The predicted octanol–water partition coefficient (Wildman–Crippen LogP) is 2.01. The molecule has 0 bridgehead atoms. The van der Waals surface area contributed by atoms with Gasteiger partial charge in [0.1, 0.15) is 11.5 Å². The lowest BCUT2D eigenvalue weighted by atomic mass is 10.1. The van der Waals surface area contributed by atoms with Crippen molar-refractivity contribution in [2.45, 2.75) is 12.8 Å². The first-order valence-corrected chi connectivity index (χ1v) is 4.46. The molecule has 0 aromatic heterocycles. The van der Waals surface area contributed by atoms with Crippen LogP contribution in [0.2, 0.25) is 0 Å². The average molecular weight is 250 g/mol. The van der Waals surface area contributed by atoms with Gasteiger partial charge in [-0.05, 0) is 18.2 Å². The van der Waals surface area contributed by atoms with Crippen LogP contribution >= 0.6 is 0 Å². The Hall–Kier alpha value is -1.92. The van der Waals surface area contributed by atoms with Crippen LogP contribution < -0.4 is 4.74 Å². The number of alkyl halides is 3. The second-order valence-corrected chi connectivity index (χ2v) is 3.09. The topological polar surface area (TPSA) is 55.8 Å². The predicted molar refractivity (Wildman–Crippen MR) is 50.5 cm³/mol. The standard InChI is InChI=1S/C10H9F3O4/c1-16-9(15)5-6-4-7(14)2-3-8(6)17-10(11,12)13/h2-4,14H,5H2,1H3. The first-order valence-electron chi connectivity index (χ1n) is 4.46. The average Bonchev–Trinajstić information content (AvgIpc) is 2.20. The lowest BCUT2D eigenvalue weighted by Crippen LogP contribution is -2.18. The van der Waals surface area contributed by atoms with Crippen molar-refractivity contribution in [2.24, 2.45) is 0 Å². The molecular weight excluding hydrogens is 241 g/mol. The minimum Gasteiger partial charge on any atom is -0.508 e. The Morgan fingerprint density at radius 3 is 2.59 bits per heavy atom. The molecule has 0 aliphatic rings. The van der Waals surface area contributed by atoms with E-state index in [0.717, 1.165) is 25.3 Å². The molecule has 0 amide bonds. The molecule has 17 heavy (non-hydrogen) atoms. The Morgan fingerprint density at radius 1 is 1.41 bits per heavy atom. The molecule has 1 aromatic carbocycles. The summed E-state index contributed by atoms with van der Waals surface area (Å²) in [6.45, 7) is 0. The van der Waals surface area contributed by atoms with Gasteiger partial charge in [-0.25, -0.2) is 0 Å². The Kier molecular flexibility index (Phi) is 3.82. The van der Waals surface area contributed by atoms with E-state index < -0.39 is 24.5 Å².